The summed E-state index contributed by atoms with van der Waals surface area (Å²) in [6.07, 6.45) is -0.718. The summed E-state index contributed by atoms with van der Waals surface area (Å²) in [5, 5.41) is 0.252. The first-order valence-corrected chi connectivity index (χ1v) is 7.35. The zero-order valence-corrected chi connectivity index (χ0v) is 12.6. The third-order valence-corrected chi connectivity index (χ3v) is 4.04. The van der Waals surface area contributed by atoms with E-state index < -0.39 is 6.10 Å². The van der Waals surface area contributed by atoms with E-state index in [2.05, 4.69) is 4.99 Å². The first kappa shape index (κ1) is 13.2. The predicted octanol–water partition coefficient (Wildman–Crippen LogP) is 2.88. The van der Waals surface area contributed by atoms with Gasteiger partial charge >= 0.3 is 0 Å². The van der Waals surface area contributed by atoms with Crippen LogP contribution in [0.25, 0.3) is 0 Å². The van der Waals surface area contributed by atoms with Crippen LogP contribution in [0.5, 0.6) is 5.75 Å². The van der Waals surface area contributed by atoms with Crippen molar-refractivity contribution in [3.8, 4) is 5.75 Å². The minimum atomic E-state index is -0.718. The molecule has 2 aromatic carbocycles. The van der Waals surface area contributed by atoms with Gasteiger partial charge in [-0.25, -0.2) is 4.99 Å². The van der Waals surface area contributed by atoms with Crippen LogP contribution in [-0.4, -0.2) is 22.8 Å². The Morgan fingerprint density at radius 2 is 2.00 bits per heavy atom. The van der Waals surface area contributed by atoms with Crippen LogP contribution in [0.4, 0.5) is 5.69 Å². The van der Waals surface area contributed by atoms with Crippen LogP contribution in [-0.2, 0) is 4.79 Å². The second-order valence-electron chi connectivity index (χ2n) is 5.29. The molecule has 0 bridgehead atoms. The number of rotatable bonds is 1. The van der Waals surface area contributed by atoms with E-state index in [1.807, 2.05) is 55.5 Å². The Labute approximate surface area is 133 Å². The highest BCUT2D eigenvalue weighted by atomic mass is 32.1. The predicted molar refractivity (Wildman–Crippen MR) is 88.7 cm³/mol. The Hall–Kier alpha value is -2.53. The standard InChI is InChI=1S/C17H12N2O2S/c1-10-5-4-6-11(9-10)19-16(20)15-14(18-17(19)22)12-7-2-3-8-13(12)21-15/h2-9,15H,1H3. The van der Waals surface area contributed by atoms with Crippen LogP contribution in [0.2, 0.25) is 0 Å². The second kappa shape index (κ2) is 4.74. The summed E-state index contributed by atoms with van der Waals surface area (Å²) >= 11 is 5.34. The fraction of sp³-hybridized carbons (Fsp3) is 0.118. The number of amides is 1. The normalized spacial score (nSPS) is 19.4. The molecule has 2 aromatic rings. The van der Waals surface area contributed by atoms with Crippen LogP contribution in [0.3, 0.4) is 0 Å². The molecule has 1 unspecified atom stereocenters. The third-order valence-electron chi connectivity index (χ3n) is 3.77. The number of nitrogens with zero attached hydrogens (tertiary/aromatic N) is 2. The zero-order chi connectivity index (χ0) is 15.3. The average molecular weight is 308 g/mol. The first-order valence-electron chi connectivity index (χ1n) is 6.94. The smallest absolute Gasteiger partial charge is 0.280 e. The molecule has 0 aliphatic carbocycles. The molecule has 0 spiro atoms. The van der Waals surface area contributed by atoms with E-state index in [0.717, 1.165) is 16.8 Å². The third kappa shape index (κ3) is 1.86. The Morgan fingerprint density at radius 3 is 2.82 bits per heavy atom. The summed E-state index contributed by atoms with van der Waals surface area (Å²) in [4.78, 5) is 18.7. The highest BCUT2D eigenvalue weighted by molar-refractivity contribution is 7.80. The molecule has 0 aromatic heterocycles. The molecule has 1 atom stereocenters. The highest BCUT2D eigenvalue weighted by Gasteiger charge is 2.43. The summed E-state index contributed by atoms with van der Waals surface area (Å²) in [5.74, 6) is 0.477. The molecule has 2 heterocycles. The van der Waals surface area contributed by atoms with E-state index in [0.29, 0.717) is 11.5 Å². The second-order valence-corrected chi connectivity index (χ2v) is 5.65. The molecule has 0 saturated heterocycles. The molecule has 0 N–H and O–H groups in total. The molecule has 2 aliphatic heterocycles. The summed E-state index contributed by atoms with van der Waals surface area (Å²) in [5.41, 5.74) is 3.22. The topological polar surface area (TPSA) is 41.9 Å². The van der Waals surface area contributed by atoms with E-state index in [9.17, 15) is 4.79 Å². The van der Waals surface area contributed by atoms with Gasteiger partial charge in [0.15, 0.2) is 0 Å². The number of carbonyl (C=O) groups excluding carboxylic acids is 1. The molecule has 4 nitrogen and oxygen atoms in total. The number of carbonyl (C=O) groups is 1. The highest BCUT2D eigenvalue weighted by Crippen LogP contribution is 2.33. The summed E-state index contributed by atoms with van der Waals surface area (Å²) in [7, 11) is 0. The molecule has 0 radical (unpaired) electrons. The molecule has 1 amide bonds. The van der Waals surface area contributed by atoms with E-state index in [4.69, 9.17) is 17.0 Å². The maximum atomic E-state index is 12.8. The molecule has 108 valence electrons. The van der Waals surface area contributed by atoms with Crippen molar-refractivity contribution in [1.29, 1.82) is 0 Å². The van der Waals surface area contributed by atoms with Gasteiger partial charge in [0.1, 0.15) is 11.5 Å². The number of para-hydroxylation sites is 1. The van der Waals surface area contributed by atoms with E-state index >= 15 is 0 Å². The van der Waals surface area contributed by atoms with Crippen molar-refractivity contribution in [2.45, 2.75) is 13.0 Å². The van der Waals surface area contributed by atoms with Crippen molar-refractivity contribution >= 4 is 34.6 Å². The lowest BCUT2D eigenvalue weighted by atomic mass is 10.0. The number of hydrogen-bond donors (Lipinski definition) is 0. The molecular weight excluding hydrogens is 296 g/mol. The first-order chi connectivity index (χ1) is 10.6. The van der Waals surface area contributed by atoms with Gasteiger partial charge < -0.3 is 4.74 Å². The fourth-order valence-electron chi connectivity index (χ4n) is 2.76. The number of fused-ring (bicyclic) bond motifs is 3. The zero-order valence-electron chi connectivity index (χ0n) is 11.8. The maximum Gasteiger partial charge on any atom is 0.280 e. The summed E-state index contributed by atoms with van der Waals surface area (Å²) < 4.78 is 5.77. The summed E-state index contributed by atoms with van der Waals surface area (Å²) in [6.45, 7) is 1.97. The number of hydrogen-bond acceptors (Lipinski definition) is 3. The van der Waals surface area contributed by atoms with Gasteiger partial charge in [0.05, 0.1) is 5.69 Å². The number of anilines is 1. The van der Waals surface area contributed by atoms with Gasteiger partial charge in [-0.2, -0.15) is 0 Å². The fourth-order valence-corrected chi connectivity index (χ4v) is 3.05. The Balaban J connectivity index is 1.80. The van der Waals surface area contributed by atoms with Gasteiger partial charge in [0.2, 0.25) is 11.2 Å². The van der Waals surface area contributed by atoms with Gasteiger partial charge in [0.25, 0.3) is 5.91 Å². The van der Waals surface area contributed by atoms with Crippen LogP contribution < -0.4 is 9.64 Å². The van der Waals surface area contributed by atoms with Crippen molar-refractivity contribution in [1.82, 2.24) is 0 Å². The Bertz CT molecular complexity index is 844. The minimum Gasteiger partial charge on any atom is -0.473 e. The molecule has 22 heavy (non-hydrogen) atoms. The molecule has 2 aliphatic rings. The van der Waals surface area contributed by atoms with E-state index in [1.54, 1.807) is 0 Å². The largest absolute Gasteiger partial charge is 0.473 e. The van der Waals surface area contributed by atoms with E-state index in [-0.39, 0.29) is 11.0 Å². The van der Waals surface area contributed by atoms with Gasteiger partial charge in [-0.1, -0.05) is 24.3 Å². The van der Waals surface area contributed by atoms with Gasteiger partial charge in [-0.3, -0.25) is 9.69 Å². The van der Waals surface area contributed by atoms with Crippen molar-refractivity contribution < 1.29 is 9.53 Å². The Kier molecular flexibility index (Phi) is 2.84. The SMILES string of the molecule is Cc1cccc(N2C(=O)C3Oc4ccccc4C3=NC2=S)c1. The van der Waals surface area contributed by atoms with Crippen molar-refractivity contribution in [3.05, 3.63) is 59.7 Å². The molecule has 4 rings (SSSR count). The summed E-state index contributed by atoms with van der Waals surface area (Å²) in [6, 6.07) is 15.1. The van der Waals surface area contributed by atoms with Gasteiger partial charge in [-0.15, -0.1) is 0 Å². The molecule has 5 heteroatoms. The molecule has 0 fully saturated rings. The van der Waals surface area contributed by atoms with Crippen molar-refractivity contribution in [3.63, 3.8) is 0 Å². The Morgan fingerprint density at radius 1 is 1.18 bits per heavy atom. The van der Waals surface area contributed by atoms with E-state index in [1.165, 1.54) is 4.90 Å². The number of ether oxygens (including phenoxy) is 1. The lowest BCUT2D eigenvalue weighted by Gasteiger charge is -2.28. The molecule has 0 saturated carbocycles. The molecular formula is C17H12N2O2S. The quantitative estimate of drug-likeness (QED) is 0.761. The number of aryl methyl sites for hydroxylation is 1. The van der Waals surface area contributed by atoms with Gasteiger partial charge in [-0.05, 0) is 49.0 Å². The van der Waals surface area contributed by atoms with Crippen molar-refractivity contribution in [2.75, 3.05) is 4.90 Å². The van der Waals surface area contributed by atoms with Crippen LogP contribution in [0.1, 0.15) is 11.1 Å². The van der Waals surface area contributed by atoms with Crippen LogP contribution >= 0.6 is 12.2 Å². The number of aliphatic imine (C=N–C) groups is 1. The van der Waals surface area contributed by atoms with Crippen LogP contribution in [0.15, 0.2) is 53.5 Å². The number of thiocarbonyl (C=S) groups is 1. The minimum absolute atomic E-state index is 0.197. The van der Waals surface area contributed by atoms with Gasteiger partial charge in [0, 0.05) is 5.56 Å². The lowest BCUT2D eigenvalue weighted by Crippen LogP contribution is -2.50. The maximum absolute atomic E-state index is 12.8. The van der Waals surface area contributed by atoms with Crippen molar-refractivity contribution in [2.24, 2.45) is 4.99 Å². The van der Waals surface area contributed by atoms with Crippen LogP contribution in [0, 0.1) is 6.92 Å². The lowest BCUT2D eigenvalue weighted by molar-refractivity contribution is -0.121. The monoisotopic (exact) mass is 308 g/mol. The number of benzene rings is 2. The average Bonchev–Trinajstić information content (AvgIpc) is 2.87.